The maximum atomic E-state index is 11.8. The van der Waals surface area contributed by atoms with E-state index in [9.17, 15) is 4.79 Å². The molecule has 5 heteroatoms. The first-order chi connectivity index (χ1) is 9.66. The number of nitrogens with zero attached hydrogens (tertiary/aromatic N) is 1. The lowest BCUT2D eigenvalue weighted by Gasteiger charge is -2.19. The van der Waals surface area contributed by atoms with E-state index in [2.05, 4.69) is 42.0 Å². The lowest BCUT2D eigenvalue weighted by atomic mass is 10.3. The average Bonchev–Trinajstić information content (AvgIpc) is 2.91. The number of carbonyl (C=O) groups is 1. The predicted molar refractivity (Wildman–Crippen MR) is 88.2 cm³/mol. The van der Waals surface area contributed by atoms with Gasteiger partial charge in [0.15, 0.2) is 0 Å². The van der Waals surface area contributed by atoms with Gasteiger partial charge in [0, 0.05) is 36.1 Å². The number of hydrogen-bond donors (Lipinski definition) is 2. The molecule has 0 aliphatic rings. The van der Waals surface area contributed by atoms with Crippen LogP contribution in [0.2, 0.25) is 0 Å². The van der Waals surface area contributed by atoms with E-state index in [1.54, 1.807) is 6.07 Å². The van der Waals surface area contributed by atoms with Crippen LogP contribution < -0.4 is 10.2 Å². The maximum absolute atomic E-state index is 11.8. The van der Waals surface area contributed by atoms with E-state index in [4.69, 9.17) is 0 Å². The quantitative estimate of drug-likeness (QED) is 0.634. The lowest BCUT2D eigenvalue weighted by Crippen LogP contribution is -2.27. The van der Waals surface area contributed by atoms with Crippen molar-refractivity contribution in [3.8, 4) is 0 Å². The highest BCUT2D eigenvalue weighted by molar-refractivity contribution is 7.80. The second-order valence-electron chi connectivity index (χ2n) is 4.54. The highest BCUT2D eigenvalue weighted by Gasteiger charge is 2.07. The van der Waals surface area contributed by atoms with Crippen LogP contribution in [-0.4, -0.2) is 26.0 Å². The van der Waals surface area contributed by atoms with Crippen LogP contribution in [0.15, 0.2) is 46.7 Å². The molecular formula is C15H18N2OS2. The Labute approximate surface area is 129 Å². The van der Waals surface area contributed by atoms with Gasteiger partial charge in [-0.25, -0.2) is 0 Å². The third-order valence-corrected chi connectivity index (χ3v) is 4.32. The Morgan fingerprint density at radius 2 is 2.10 bits per heavy atom. The number of anilines is 1. The van der Waals surface area contributed by atoms with E-state index in [0.29, 0.717) is 11.4 Å². The Balaban J connectivity index is 1.70. The number of para-hydroxylation sites is 1. The third-order valence-electron chi connectivity index (χ3n) is 2.96. The summed E-state index contributed by atoms with van der Waals surface area (Å²) in [5.74, 6) is -0.0161. The van der Waals surface area contributed by atoms with Crippen LogP contribution in [0.5, 0.6) is 0 Å². The number of nitrogens with one attached hydrogen (secondary N) is 1. The van der Waals surface area contributed by atoms with E-state index < -0.39 is 0 Å². The molecule has 0 unspecified atom stereocenters. The van der Waals surface area contributed by atoms with Gasteiger partial charge < -0.3 is 10.2 Å². The summed E-state index contributed by atoms with van der Waals surface area (Å²) in [6.07, 6.45) is 0.913. The summed E-state index contributed by atoms with van der Waals surface area (Å²) in [7, 11) is 2.06. The molecule has 0 aliphatic carbocycles. The van der Waals surface area contributed by atoms with Gasteiger partial charge >= 0.3 is 0 Å². The molecule has 2 aromatic rings. The van der Waals surface area contributed by atoms with Gasteiger partial charge in [0.1, 0.15) is 0 Å². The Bertz CT molecular complexity index is 554. The van der Waals surface area contributed by atoms with E-state index >= 15 is 0 Å². The molecular weight excluding hydrogens is 288 g/mol. The lowest BCUT2D eigenvalue weighted by molar-refractivity contribution is 0.0957. The topological polar surface area (TPSA) is 32.3 Å². The first kappa shape index (κ1) is 14.9. The SMILES string of the molecule is CN(CCCNC(=O)c1cc(S)cs1)c1ccccc1. The fourth-order valence-corrected chi connectivity index (χ4v) is 2.93. The third kappa shape index (κ3) is 4.28. The van der Waals surface area contributed by atoms with Gasteiger partial charge in [0.25, 0.3) is 5.91 Å². The van der Waals surface area contributed by atoms with E-state index in [1.165, 1.54) is 17.0 Å². The minimum absolute atomic E-state index is 0.0161. The van der Waals surface area contributed by atoms with E-state index in [1.807, 2.05) is 23.6 Å². The van der Waals surface area contributed by atoms with E-state index in [0.717, 1.165) is 17.9 Å². The van der Waals surface area contributed by atoms with Crippen molar-refractivity contribution in [2.24, 2.45) is 0 Å². The first-order valence-corrected chi connectivity index (χ1v) is 7.81. The van der Waals surface area contributed by atoms with Gasteiger partial charge in [0.05, 0.1) is 4.88 Å². The summed E-state index contributed by atoms with van der Waals surface area (Å²) in [6, 6.07) is 12.0. The number of amides is 1. The van der Waals surface area contributed by atoms with Gasteiger partial charge in [0.2, 0.25) is 0 Å². The molecule has 1 aromatic heterocycles. The van der Waals surface area contributed by atoms with Gasteiger partial charge in [-0.2, -0.15) is 0 Å². The predicted octanol–water partition coefficient (Wildman–Crippen LogP) is 3.29. The largest absolute Gasteiger partial charge is 0.375 e. The molecule has 106 valence electrons. The number of benzene rings is 1. The van der Waals surface area contributed by atoms with Gasteiger partial charge in [-0.3, -0.25) is 4.79 Å². The second kappa shape index (κ2) is 7.36. The first-order valence-electron chi connectivity index (χ1n) is 6.48. The number of hydrogen-bond acceptors (Lipinski definition) is 4. The molecule has 0 aliphatic heterocycles. The van der Waals surface area contributed by atoms with Crippen molar-refractivity contribution in [1.29, 1.82) is 0 Å². The Morgan fingerprint density at radius 3 is 2.75 bits per heavy atom. The maximum Gasteiger partial charge on any atom is 0.261 e. The molecule has 0 fully saturated rings. The van der Waals surface area contributed by atoms with Gasteiger partial charge in [-0.15, -0.1) is 24.0 Å². The monoisotopic (exact) mass is 306 g/mol. The average molecular weight is 306 g/mol. The van der Waals surface area contributed by atoms with Crippen LogP contribution in [0.4, 0.5) is 5.69 Å². The Hall–Kier alpha value is -1.46. The van der Waals surface area contributed by atoms with Crippen molar-refractivity contribution in [3.63, 3.8) is 0 Å². The zero-order chi connectivity index (χ0) is 14.4. The normalized spacial score (nSPS) is 10.3. The molecule has 0 atom stereocenters. The molecule has 20 heavy (non-hydrogen) atoms. The molecule has 1 aromatic carbocycles. The van der Waals surface area contributed by atoms with Crippen LogP contribution >= 0.6 is 24.0 Å². The highest BCUT2D eigenvalue weighted by Crippen LogP contribution is 2.17. The highest BCUT2D eigenvalue weighted by atomic mass is 32.1. The minimum Gasteiger partial charge on any atom is -0.375 e. The van der Waals surface area contributed by atoms with Crippen LogP contribution in [0, 0.1) is 0 Å². The second-order valence-corrected chi connectivity index (χ2v) is 5.96. The summed E-state index contributed by atoms with van der Waals surface area (Å²) in [4.78, 5) is 15.6. The molecule has 2 rings (SSSR count). The van der Waals surface area contributed by atoms with Crippen molar-refractivity contribution in [2.45, 2.75) is 11.3 Å². The zero-order valence-corrected chi connectivity index (χ0v) is 13.1. The van der Waals surface area contributed by atoms with Crippen molar-refractivity contribution in [1.82, 2.24) is 5.32 Å². The van der Waals surface area contributed by atoms with Crippen LogP contribution in [0.1, 0.15) is 16.1 Å². The fourth-order valence-electron chi connectivity index (χ4n) is 1.86. The van der Waals surface area contributed by atoms with Crippen LogP contribution in [-0.2, 0) is 0 Å². The molecule has 0 spiro atoms. The molecule has 0 saturated carbocycles. The summed E-state index contributed by atoms with van der Waals surface area (Å²) in [5.41, 5.74) is 1.19. The zero-order valence-electron chi connectivity index (χ0n) is 11.4. The van der Waals surface area contributed by atoms with Gasteiger partial charge in [-0.1, -0.05) is 18.2 Å². The molecule has 0 bridgehead atoms. The number of rotatable bonds is 6. The number of carbonyl (C=O) groups excluding carboxylic acids is 1. The molecule has 1 amide bonds. The van der Waals surface area contributed by atoms with Crippen LogP contribution in [0.3, 0.4) is 0 Å². The van der Waals surface area contributed by atoms with Crippen LogP contribution in [0.25, 0.3) is 0 Å². The molecule has 3 nitrogen and oxygen atoms in total. The van der Waals surface area contributed by atoms with Crippen molar-refractivity contribution < 1.29 is 4.79 Å². The molecule has 1 heterocycles. The van der Waals surface area contributed by atoms with Gasteiger partial charge in [-0.05, 0) is 24.6 Å². The number of thiophene rings is 1. The summed E-state index contributed by atoms with van der Waals surface area (Å²) in [6.45, 7) is 1.59. The summed E-state index contributed by atoms with van der Waals surface area (Å²) >= 11 is 5.62. The van der Waals surface area contributed by atoms with Crippen molar-refractivity contribution >= 4 is 35.6 Å². The minimum atomic E-state index is -0.0161. The molecule has 1 N–H and O–H groups in total. The standard InChI is InChI=1S/C15H18N2OS2/c1-17(12-6-3-2-4-7-12)9-5-8-16-15(18)14-10-13(19)11-20-14/h2-4,6-7,10-11,19H,5,8-9H2,1H3,(H,16,18). The Morgan fingerprint density at radius 1 is 1.35 bits per heavy atom. The molecule has 0 radical (unpaired) electrons. The van der Waals surface area contributed by atoms with E-state index in [-0.39, 0.29) is 5.91 Å². The summed E-state index contributed by atoms with van der Waals surface area (Å²) in [5, 5.41) is 4.79. The summed E-state index contributed by atoms with van der Waals surface area (Å²) < 4.78 is 0. The fraction of sp³-hybridized carbons (Fsp3) is 0.267. The van der Waals surface area contributed by atoms with Crippen molar-refractivity contribution in [2.75, 3.05) is 25.0 Å². The van der Waals surface area contributed by atoms with Crippen molar-refractivity contribution in [3.05, 3.63) is 46.7 Å². The smallest absolute Gasteiger partial charge is 0.261 e. The Kier molecular flexibility index (Phi) is 5.49. The molecule has 0 saturated heterocycles. The number of thiol groups is 1.